The second kappa shape index (κ2) is 9.82. The van der Waals surface area contributed by atoms with Crippen molar-refractivity contribution in [2.45, 2.75) is 51.5 Å². The topological polar surface area (TPSA) is 74.7 Å². The van der Waals surface area contributed by atoms with E-state index in [4.69, 9.17) is 5.11 Å². The van der Waals surface area contributed by atoms with Gasteiger partial charge in [0.25, 0.3) is 0 Å². The van der Waals surface area contributed by atoms with Crippen LogP contribution in [0.1, 0.15) is 45.4 Å². The molecule has 1 aliphatic heterocycles. The Hall–Kier alpha value is -1.04. The number of rotatable bonds is 11. The first-order valence-corrected chi connectivity index (χ1v) is 8.81. The van der Waals surface area contributed by atoms with E-state index in [2.05, 4.69) is 6.92 Å². The van der Waals surface area contributed by atoms with Crippen molar-refractivity contribution in [2.75, 3.05) is 18.1 Å². The van der Waals surface area contributed by atoms with Gasteiger partial charge >= 0.3 is 5.97 Å². The predicted octanol–water partition coefficient (Wildman–Crippen LogP) is 2.19. The monoisotopic (exact) mass is 315 g/mol. The van der Waals surface area contributed by atoms with Crippen LogP contribution < -0.4 is 0 Å². The third-order valence-corrected chi connectivity index (χ3v) is 4.87. The SMILES string of the molecule is CCCCC(CCSCCN1C(=O)CC[C@@H]1C=O)C(=O)O. The molecule has 1 N–H and O–H groups in total. The van der Waals surface area contributed by atoms with Crippen molar-refractivity contribution in [1.29, 1.82) is 0 Å². The normalized spacial score (nSPS) is 19.8. The highest BCUT2D eigenvalue weighted by Gasteiger charge is 2.29. The number of likely N-dealkylation sites (tertiary alicyclic amines) is 1. The van der Waals surface area contributed by atoms with Crippen molar-refractivity contribution in [1.82, 2.24) is 4.90 Å². The maximum Gasteiger partial charge on any atom is 0.306 e. The Morgan fingerprint density at radius 3 is 2.86 bits per heavy atom. The van der Waals surface area contributed by atoms with Gasteiger partial charge in [-0.2, -0.15) is 11.8 Å². The summed E-state index contributed by atoms with van der Waals surface area (Å²) in [5.41, 5.74) is 0. The van der Waals surface area contributed by atoms with Crippen molar-refractivity contribution >= 4 is 29.9 Å². The molecule has 0 bridgehead atoms. The van der Waals surface area contributed by atoms with Crippen molar-refractivity contribution in [3.63, 3.8) is 0 Å². The summed E-state index contributed by atoms with van der Waals surface area (Å²) in [5, 5.41) is 9.13. The number of carbonyl (C=O) groups is 3. The van der Waals surface area contributed by atoms with E-state index in [1.54, 1.807) is 16.7 Å². The number of aliphatic carboxylic acids is 1. The third-order valence-electron chi connectivity index (χ3n) is 3.87. The van der Waals surface area contributed by atoms with E-state index in [1.165, 1.54) is 0 Å². The lowest BCUT2D eigenvalue weighted by molar-refractivity contribution is -0.142. The number of carboxylic acid groups (broad SMARTS) is 1. The van der Waals surface area contributed by atoms with E-state index < -0.39 is 5.97 Å². The molecule has 1 unspecified atom stereocenters. The zero-order valence-corrected chi connectivity index (χ0v) is 13.4. The molecular weight excluding hydrogens is 290 g/mol. The number of nitrogens with zero attached hydrogens (tertiary/aromatic N) is 1. The zero-order chi connectivity index (χ0) is 15.7. The second-order valence-electron chi connectivity index (χ2n) is 5.41. The number of aldehydes is 1. The molecule has 0 aromatic rings. The van der Waals surface area contributed by atoms with E-state index in [9.17, 15) is 14.4 Å². The molecule has 1 rings (SSSR count). The van der Waals surface area contributed by atoms with Crippen LogP contribution in [0.15, 0.2) is 0 Å². The van der Waals surface area contributed by atoms with Crippen LogP contribution >= 0.6 is 11.8 Å². The molecule has 1 amide bonds. The van der Waals surface area contributed by atoms with Gasteiger partial charge in [0.05, 0.1) is 12.0 Å². The molecule has 0 spiro atoms. The standard InChI is InChI=1S/C15H25NO4S/c1-2-3-4-12(15(19)20)7-9-21-10-8-16-13(11-17)5-6-14(16)18/h11-13H,2-10H2,1H3,(H,19,20)/t12?,13-/m1/s1. The minimum Gasteiger partial charge on any atom is -0.481 e. The van der Waals surface area contributed by atoms with E-state index >= 15 is 0 Å². The number of carboxylic acids is 1. The fourth-order valence-electron chi connectivity index (χ4n) is 2.52. The molecule has 0 aromatic heterocycles. The van der Waals surface area contributed by atoms with Gasteiger partial charge in [-0.05, 0) is 25.0 Å². The lowest BCUT2D eigenvalue weighted by Gasteiger charge is -2.20. The first-order chi connectivity index (χ1) is 10.1. The van der Waals surface area contributed by atoms with Crippen LogP contribution in [-0.2, 0) is 14.4 Å². The fourth-order valence-corrected chi connectivity index (χ4v) is 3.50. The number of hydrogen-bond donors (Lipinski definition) is 1. The number of amides is 1. The summed E-state index contributed by atoms with van der Waals surface area (Å²) in [5.74, 6) is 0.637. The quantitative estimate of drug-likeness (QED) is 0.467. The molecule has 1 fully saturated rings. The predicted molar refractivity (Wildman–Crippen MR) is 83.4 cm³/mol. The van der Waals surface area contributed by atoms with Gasteiger partial charge in [-0.3, -0.25) is 9.59 Å². The molecule has 0 radical (unpaired) electrons. The molecule has 21 heavy (non-hydrogen) atoms. The van der Waals surface area contributed by atoms with Crippen LogP contribution in [-0.4, -0.2) is 52.3 Å². The number of unbranched alkanes of at least 4 members (excludes halogenated alkanes) is 1. The molecule has 1 aliphatic rings. The highest BCUT2D eigenvalue weighted by molar-refractivity contribution is 7.99. The molecule has 1 heterocycles. The van der Waals surface area contributed by atoms with E-state index in [0.29, 0.717) is 25.8 Å². The summed E-state index contributed by atoms with van der Waals surface area (Å²) in [6, 6.07) is -0.255. The Morgan fingerprint density at radius 1 is 1.48 bits per heavy atom. The molecule has 120 valence electrons. The number of thioether (sulfide) groups is 1. The lowest BCUT2D eigenvalue weighted by atomic mass is 10.00. The smallest absolute Gasteiger partial charge is 0.306 e. The summed E-state index contributed by atoms with van der Waals surface area (Å²) in [4.78, 5) is 35.2. The minimum atomic E-state index is -0.709. The average Bonchev–Trinajstić information content (AvgIpc) is 2.82. The summed E-state index contributed by atoms with van der Waals surface area (Å²) < 4.78 is 0. The van der Waals surface area contributed by atoms with Crippen molar-refractivity contribution in [3.05, 3.63) is 0 Å². The Balaban J connectivity index is 2.19. The van der Waals surface area contributed by atoms with Gasteiger partial charge in [0, 0.05) is 18.7 Å². The molecule has 6 heteroatoms. The van der Waals surface area contributed by atoms with Crippen molar-refractivity contribution in [2.24, 2.45) is 5.92 Å². The van der Waals surface area contributed by atoms with Crippen LogP contribution in [0, 0.1) is 5.92 Å². The van der Waals surface area contributed by atoms with Crippen LogP contribution in [0.3, 0.4) is 0 Å². The highest BCUT2D eigenvalue weighted by Crippen LogP contribution is 2.19. The van der Waals surface area contributed by atoms with Crippen LogP contribution in [0.5, 0.6) is 0 Å². The van der Waals surface area contributed by atoms with Crippen LogP contribution in [0.4, 0.5) is 0 Å². The molecule has 0 aliphatic carbocycles. The zero-order valence-electron chi connectivity index (χ0n) is 12.6. The average molecular weight is 315 g/mol. The van der Waals surface area contributed by atoms with Crippen molar-refractivity contribution in [3.8, 4) is 0 Å². The van der Waals surface area contributed by atoms with Gasteiger partial charge in [0.15, 0.2) is 0 Å². The van der Waals surface area contributed by atoms with Crippen LogP contribution in [0.2, 0.25) is 0 Å². The second-order valence-corrected chi connectivity index (χ2v) is 6.63. The summed E-state index contributed by atoms with van der Waals surface area (Å²) in [6.07, 6.45) is 5.32. The molecule has 2 atom stereocenters. The minimum absolute atomic E-state index is 0.0547. The Bertz CT molecular complexity index is 362. The van der Waals surface area contributed by atoms with Crippen molar-refractivity contribution < 1.29 is 19.5 Å². The van der Waals surface area contributed by atoms with E-state index in [1.807, 2.05) is 0 Å². The number of hydrogen-bond acceptors (Lipinski definition) is 4. The highest BCUT2D eigenvalue weighted by atomic mass is 32.2. The summed E-state index contributed by atoms with van der Waals surface area (Å²) in [7, 11) is 0. The van der Waals surface area contributed by atoms with Gasteiger partial charge in [-0.1, -0.05) is 19.8 Å². The lowest BCUT2D eigenvalue weighted by Crippen LogP contribution is -2.35. The van der Waals surface area contributed by atoms with Gasteiger partial charge in [0.2, 0.25) is 5.91 Å². The Kier molecular flexibility index (Phi) is 8.42. The first kappa shape index (κ1) is 18.0. The first-order valence-electron chi connectivity index (χ1n) is 7.65. The van der Waals surface area contributed by atoms with Gasteiger partial charge in [-0.15, -0.1) is 0 Å². The third kappa shape index (κ3) is 6.08. The molecule has 0 aromatic carbocycles. The van der Waals surface area contributed by atoms with Crippen LogP contribution in [0.25, 0.3) is 0 Å². The fraction of sp³-hybridized carbons (Fsp3) is 0.800. The Labute approximate surface area is 130 Å². The van der Waals surface area contributed by atoms with Gasteiger partial charge in [-0.25, -0.2) is 0 Å². The van der Waals surface area contributed by atoms with Gasteiger partial charge in [0.1, 0.15) is 6.29 Å². The largest absolute Gasteiger partial charge is 0.481 e. The Morgan fingerprint density at radius 2 is 2.24 bits per heavy atom. The molecular formula is C15H25NO4S. The maximum absolute atomic E-state index is 11.6. The van der Waals surface area contributed by atoms with E-state index in [-0.39, 0.29) is 17.9 Å². The summed E-state index contributed by atoms with van der Waals surface area (Å²) in [6.45, 7) is 2.64. The molecule has 1 saturated heterocycles. The van der Waals surface area contributed by atoms with Gasteiger partial charge < -0.3 is 14.8 Å². The summed E-state index contributed by atoms with van der Waals surface area (Å²) >= 11 is 1.66. The maximum atomic E-state index is 11.6. The number of carbonyl (C=O) groups excluding carboxylic acids is 2. The molecule has 0 saturated carbocycles. The molecule has 5 nitrogen and oxygen atoms in total. The van der Waals surface area contributed by atoms with E-state index in [0.717, 1.165) is 37.1 Å².